The molecular weight excluding hydrogens is 342 g/mol. The minimum absolute atomic E-state index is 0.0407. The average molecular weight is 371 g/mol. The molecule has 2 saturated heterocycles. The van der Waals surface area contributed by atoms with Crippen molar-refractivity contribution in [3.8, 4) is 0 Å². The quantitative estimate of drug-likeness (QED) is 0.743. The molecule has 2 aliphatic heterocycles. The van der Waals surface area contributed by atoms with E-state index >= 15 is 0 Å². The Morgan fingerprint density at radius 1 is 1.11 bits per heavy atom. The zero-order chi connectivity index (χ0) is 19.6. The molecule has 2 fully saturated rings. The van der Waals surface area contributed by atoms with Crippen LogP contribution in [0.2, 0.25) is 0 Å². The Morgan fingerprint density at radius 3 is 2.37 bits per heavy atom. The van der Waals surface area contributed by atoms with Crippen molar-refractivity contribution in [1.29, 1.82) is 0 Å². The number of rotatable bonds is 5. The molecule has 0 N–H and O–H groups in total. The van der Waals surface area contributed by atoms with Gasteiger partial charge in [0.15, 0.2) is 0 Å². The summed E-state index contributed by atoms with van der Waals surface area (Å²) in [6.07, 6.45) is 3.32. The van der Waals surface area contributed by atoms with Gasteiger partial charge >= 0.3 is 0 Å². The Hall–Kier alpha value is -2.21. The third-order valence-electron chi connectivity index (χ3n) is 5.80. The van der Waals surface area contributed by atoms with Crippen molar-refractivity contribution in [2.24, 2.45) is 0 Å². The fourth-order valence-corrected chi connectivity index (χ4v) is 4.26. The van der Waals surface area contributed by atoms with Gasteiger partial charge in [-0.25, -0.2) is 0 Å². The number of hydrogen-bond donors (Lipinski definition) is 0. The van der Waals surface area contributed by atoms with E-state index in [0.29, 0.717) is 0 Å². The molecule has 1 aromatic rings. The second-order valence-electron chi connectivity index (χ2n) is 7.87. The predicted octanol–water partition coefficient (Wildman–Crippen LogP) is 2.04. The maximum Gasteiger partial charge on any atom is 0.247 e. The molecule has 3 amide bonds. The normalized spacial score (nSPS) is 26.1. The fourth-order valence-electron chi connectivity index (χ4n) is 4.26. The van der Waals surface area contributed by atoms with Crippen LogP contribution in [-0.4, -0.2) is 64.1 Å². The smallest absolute Gasteiger partial charge is 0.247 e. The van der Waals surface area contributed by atoms with E-state index in [1.807, 2.05) is 35.2 Å². The number of nitrogens with zero attached hydrogens (tertiary/aromatic N) is 3. The van der Waals surface area contributed by atoms with E-state index in [-0.39, 0.29) is 49.3 Å². The minimum atomic E-state index is -0.555. The third kappa shape index (κ3) is 4.21. The standard InChI is InChI=1S/C21H29N3O3/c1-15-8-7-9-16(2)24(15)20(26)14-22(3)18-12-19(25)23(21(18)27)13-17-10-5-4-6-11-17/h4-6,10-11,15-16,18H,7-9,12-14H2,1-3H3. The van der Waals surface area contributed by atoms with E-state index in [2.05, 4.69) is 13.8 Å². The number of carbonyl (C=O) groups excluding carboxylic acids is 3. The molecule has 0 saturated carbocycles. The molecule has 0 bridgehead atoms. The van der Waals surface area contributed by atoms with Gasteiger partial charge in [0.1, 0.15) is 0 Å². The first-order valence-electron chi connectivity index (χ1n) is 9.78. The number of benzene rings is 1. The highest BCUT2D eigenvalue weighted by molar-refractivity contribution is 6.05. The predicted molar refractivity (Wildman–Crippen MR) is 103 cm³/mol. The van der Waals surface area contributed by atoms with Crippen molar-refractivity contribution in [3.05, 3.63) is 35.9 Å². The summed E-state index contributed by atoms with van der Waals surface area (Å²) in [5, 5.41) is 0. The Balaban J connectivity index is 1.63. The Morgan fingerprint density at radius 2 is 1.74 bits per heavy atom. The van der Waals surface area contributed by atoms with Gasteiger partial charge in [-0.05, 0) is 45.7 Å². The van der Waals surface area contributed by atoms with Gasteiger partial charge in [0.25, 0.3) is 0 Å². The Kier molecular flexibility index (Phi) is 5.95. The molecule has 0 aliphatic carbocycles. The van der Waals surface area contributed by atoms with Gasteiger partial charge in [-0.3, -0.25) is 24.2 Å². The summed E-state index contributed by atoms with van der Waals surface area (Å²) in [4.78, 5) is 43.0. The second-order valence-corrected chi connectivity index (χ2v) is 7.87. The van der Waals surface area contributed by atoms with E-state index in [4.69, 9.17) is 0 Å². The van der Waals surface area contributed by atoms with Crippen molar-refractivity contribution in [2.75, 3.05) is 13.6 Å². The first-order valence-corrected chi connectivity index (χ1v) is 9.78. The van der Waals surface area contributed by atoms with Crippen molar-refractivity contribution in [3.63, 3.8) is 0 Å². The van der Waals surface area contributed by atoms with Crippen molar-refractivity contribution < 1.29 is 14.4 Å². The number of hydrogen-bond acceptors (Lipinski definition) is 4. The van der Waals surface area contributed by atoms with Crippen LogP contribution in [0.4, 0.5) is 0 Å². The lowest BCUT2D eigenvalue weighted by Gasteiger charge is -2.40. The summed E-state index contributed by atoms with van der Waals surface area (Å²) in [5.74, 6) is -0.342. The summed E-state index contributed by atoms with van der Waals surface area (Å²) >= 11 is 0. The van der Waals surface area contributed by atoms with Gasteiger partial charge in [0, 0.05) is 12.1 Å². The highest BCUT2D eigenvalue weighted by Gasteiger charge is 2.41. The summed E-state index contributed by atoms with van der Waals surface area (Å²) in [6, 6.07) is 9.39. The molecule has 6 heteroatoms. The van der Waals surface area contributed by atoms with Gasteiger partial charge in [-0.15, -0.1) is 0 Å². The van der Waals surface area contributed by atoms with Crippen molar-refractivity contribution in [2.45, 2.75) is 64.2 Å². The molecule has 3 rings (SSSR count). The summed E-state index contributed by atoms with van der Waals surface area (Å²) in [5.41, 5.74) is 0.926. The first kappa shape index (κ1) is 19.5. The van der Waals surface area contributed by atoms with E-state index in [1.165, 1.54) is 4.90 Å². The Bertz CT molecular complexity index is 696. The molecule has 3 atom stereocenters. The van der Waals surface area contributed by atoms with E-state index in [9.17, 15) is 14.4 Å². The zero-order valence-electron chi connectivity index (χ0n) is 16.4. The van der Waals surface area contributed by atoms with Gasteiger partial charge in [0.05, 0.1) is 25.6 Å². The number of carbonyl (C=O) groups is 3. The summed E-state index contributed by atoms with van der Waals surface area (Å²) in [6.45, 7) is 4.62. The number of amides is 3. The highest BCUT2D eigenvalue weighted by atomic mass is 16.2. The lowest BCUT2D eigenvalue weighted by Crippen LogP contribution is -2.52. The molecule has 3 unspecified atom stereocenters. The number of piperidine rings is 1. The lowest BCUT2D eigenvalue weighted by molar-refractivity contribution is -0.141. The molecule has 0 aromatic heterocycles. The molecule has 146 valence electrons. The summed E-state index contributed by atoms with van der Waals surface area (Å²) in [7, 11) is 1.76. The van der Waals surface area contributed by atoms with Crippen LogP contribution >= 0.6 is 0 Å². The number of likely N-dealkylation sites (N-methyl/N-ethyl adjacent to an activating group) is 1. The molecule has 0 radical (unpaired) electrons. The topological polar surface area (TPSA) is 60.9 Å². The van der Waals surface area contributed by atoms with Crippen LogP contribution in [-0.2, 0) is 20.9 Å². The SMILES string of the molecule is CC1CCCC(C)N1C(=O)CN(C)C1CC(=O)N(Cc2ccccc2)C1=O. The molecule has 1 aromatic carbocycles. The first-order chi connectivity index (χ1) is 12.9. The molecule has 0 spiro atoms. The van der Waals surface area contributed by atoms with Crippen LogP contribution in [0.15, 0.2) is 30.3 Å². The van der Waals surface area contributed by atoms with Crippen LogP contribution in [0.3, 0.4) is 0 Å². The van der Waals surface area contributed by atoms with E-state index in [0.717, 1.165) is 24.8 Å². The highest BCUT2D eigenvalue weighted by Crippen LogP contribution is 2.24. The Labute approximate surface area is 161 Å². The molecule has 2 heterocycles. The zero-order valence-corrected chi connectivity index (χ0v) is 16.4. The maximum absolute atomic E-state index is 12.8. The third-order valence-corrected chi connectivity index (χ3v) is 5.80. The van der Waals surface area contributed by atoms with Gasteiger partial charge in [0.2, 0.25) is 17.7 Å². The van der Waals surface area contributed by atoms with Crippen LogP contribution < -0.4 is 0 Å². The monoisotopic (exact) mass is 371 g/mol. The second kappa shape index (κ2) is 8.21. The summed E-state index contributed by atoms with van der Waals surface area (Å²) < 4.78 is 0. The molecule has 6 nitrogen and oxygen atoms in total. The average Bonchev–Trinajstić information content (AvgIpc) is 2.91. The van der Waals surface area contributed by atoms with E-state index in [1.54, 1.807) is 11.9 Å². The van der Waals surface area contributed by atoms with Gasteiger partial charge in [-0.2, -0.15) is 0 Å². The number of imide groups is 1. The maximum atomic E-state index is 12.8. The van der Waals surface area contributed by atoms with Gasteiger partial charge in [-0.1, -0.05) is 30.3 Å². The van der Waals surface area contributed by atoms with Gasteiger partial charge < -0.3 is 4.90 Å². The minimum Gasteiger partial charge on any atom is -0.336 e. The van der Waals surface area contributed by atoms with Crippen LogP contribution in [0.25, 0.3) is 0 Å². The largest absolute Gasteiger partial charge is 0.336 e. The van der Waals surface area contributed by atoms with E-state index < -0.39 is 6.04 Å². The fraction of sp³-hybridized carbons (Fsp3) is 0.571. The molecular formula is C21H29N3O3. The van der Waals surface area contributed by atoms with Crippen LogP contribution in [0.5, 0.6) is 0 Å². The number of likely N-dealkylation sites (tertiary alicyclic amines) is 2. The molecule has 27 heavy (non-hydrogen) atoms. The van der Waals surface area contributed by atoms with Crippen molar-refractivity contribution >= 4 is 17.7 Å². The van der Waals surface area contributed by atoms with Crippen LogP contribution in [0.1, 0.15) is 45.1 Å². The van der Waals surface area contributed by atoms with Crippen LogP contribution in [0, 0.1) is 0 Å². The lowest BCUT2D eigenvalue weighted by atomic mass is 9.97. The van der Waals surface area contributed by atoms with Crippen molar-refractivity contribution in [1.82, 2.24) is 14.7 Å². The molecule has 2 aliphatic rings.